The van der Waals surface area contributed by atoms with Gasteiger partial charge >= 0.3 is 18.3 Å². The zero-order valence-electron chi connectivity index (χ0n) is 76.6. The summed E-state index contributed by atoms with van der Waals surface area (Å²) < 4.78 is 70.6. The number of aliphatic hydroxyl groups excluding tert-OH is 1. The van der Waals surface area contributed by atoms with E-state index in [9.17, 15) is 31.2 Å². The Hall–Kier alpha value is -9.77. The number of aromatic amines is 2. The lowest BCUT2D eigenvalue weighted by Crippen LogP contribution is -2.37. The van der Waals surface area contributed by atoms with Gasteiger partial charge in [-0.15, -0.1) is 0 Å². The van der Waals surface area contributed by atoms with E-state index in [-0.39, 0.29) is 63.4 Å². The minimum absolute atomic E-state index is 0. The molecule has 4 saturated heterocycles. The van der Waals surface area contributed by atoms with Crippen LogP contribution in [-0.4, -0.2) is 279 Å². The van der Waals surface area contributed by atoms with E-state index in [1.807, 2.05) is 137 Å². The summed E-state index contributed by atoms with van der Waals surface area (Å²) in [5.74, 6) is 7.56. The van der Waals surface area contributed by atoms with Gasteiger partial charge in [-0.05, 0) is 249 Å². The third-order valence-electron chi connectivity index (χ3n) is 24.6. The van der Waals surface area contributed by atoms with Crippen molar-refractivity contribution >= 4 is 144 Å². The number of carbonyl (C=O) groups excluding carboxylic acids is 3. The molecule has 4 unspecified atom stereocenters. The molecule has 8 aromatic heterocycles. The highest BCUT2D eigenvalue weighted by Crippen LogP contribution is 2.46. The highest BCUT2D eigenvalue weighted by Gasteiger charge is 2.48. The van der Waals surface area contributed by atoms with Gasteiger partial charge in [0.15, 0.2) is 11.3 Å². The Morgan fingerprint density at radius 2 is 0.877 bits per heavy atom. The Bertz CT molecular complexity index is 5570. The van der Waals surface area contributed by atoms with E-state index < -0.39 is 31.2 Å². The summed E-state index contributed by atoms with van der Waals surface area (Å²) in [6, 6.07) is 22.7. The topological polar surface area (TPSA) is 449 Å². The largest absolute Gasteiger partial charge is 0.444 e. The molecule has 12 atom stereocenters. The van der Waals surface area contributed by atoms with Crippen molar-refractivity contribution in [1.82, 2.24) is 88.0 Å². The number of hydrogen-bond acceptors (Lipinski definition) is 28. The molecule has 18 rings (SSSR count). The van der Waals surface area contributed by atoms with E-state index in [1.54, 1.807) is 79.5 Å². The van der Waals surface area contributed by atoms with Crippen LogP contribution in [0.2, 0.25) is 5.15 Å². The van der Waals surface area contributed by atoms with Crippen molar-refractivity contribution in [3.63, 3.8) is 0 Å². The fourth-order valence-corrected chi connectivity index (χ4v) is 21.6. The summed E-state index contributed by atoms with van der Waals surface area (Å²) in [6.45, 7) is 29.2. The number of aryl methyl sites for hydroxylation is 2. The molecule has 4 aliphatic carbocycles. The molecular weight excluding hydrogens is 1740 g/mol. The molecule has 2 aromatic carbocycles. The van der Waals surface area contributed by atoms with Gasteiger partial charge in [-0.2, -0.15) is 0 Å². The smallest absolute Gasteiger partial charge is 0.410 e. The molecule has 8 fully saturated rings. The fraction of sp³-hybridized carbons (Fsp3) is 0.551. The number of aliphatic hydroxyl groups is 1. The van der Waals surface area contributed by atoms with Crippen LogP contribution in [0.25, 0.3) is 44.1 Å². The van der Waals surface area contributed by atoms with Gasteiger partial charge in [0, 0.05) is 145 Å². The number of amides is 3. The van der Waals surface area contributed by atoms with Crippen LogP contribution in [0, 0.1) is 66.6 Å². The van der Waals surface area contributed by atoms with Crippen LogP contribution in [-0.2, 0) is 34.3 Å². The van der Waals surface area contributed by atoms with Gasteiger partial charge in [-0.1, -0.05) is 54.4 Å². The zero-order chi connectivity index (χ0) is 92.9. The Kier molecular flexibility index (Phi) is 36.1. The number of hydrogen-bond donors (Lipinski definition) is 8. The highest BCUT2D eigenvalue weighted by atomic mass is 35.5. The first-order valence-electron chi connectivity index (χ1n) is 43.2. The predicted molar refractivity (Wildman–Crippen MR) is 514 cm³/mol. The number of anilines is 3. The van der Waals surface area contributed by atoms with Crippen LogP contribution in [0.3, 0.4) is 0 Å². The van der Waals surface area contributed by atoms with Crippen LogP contribution >= 0.6 is 23.5 Å². The van der Waals surface area contributed by atoms with Crippen molar-refractivity contribution in [3.05, 3.63) is 139 Å². The van der Waals surface area contributed by atoms with Gasteiger partial charge < -0.3 is 80.6 Å². The predicted octanol–water partition coefficient (Wildman–Crippen LogP) is 11.7. The molecule has 0 spiro atoms. The van der Waals surface area contributed by atoms with Gasteiger partial charge in [-0.25, -0.2) is 79.0 Å². The van der Waals surface area contributed by atoms with Crippen molar-refractivity contribution in [3.8, 4) is 0 Å². The van der Waals surface area contributed by atoms with Crippen LogP contribution in [0.5, 0.6) is 0 Å². The lowest BCUT2D eigenvalue weighted by molar-refractivity contribution is 0.0269. The molecule has 4 aliphatic heterocycles. The van der Waals surface area contributed by atoms with E-state index >= 15 is 0 Å². The van der Waals surface area contributed by atoms with Crippen LogP contribution in [0.15, 0.2) is 133 Å². The van der Waals surface area contributed by atoms with E-state index in [1.165, 1.54) is 61.6 Å². The summed E-state index contributed by atoms with van der Waals surface area (Å²) in [7, 11) is 9.70. The number of ether oxygens (including phenoxy) is 3. The average Bonchev–Trinajstić information content (AvgIpc) is 1.60. The number of nitrogens with two attached hydrogens (primary N) is 1. The first-order chi connectivity index (χ1) is 60.9. The van der Waals surface area contributed by atoms with E-state index in [0.29, 0.717) is 89.0 Å². The maximum Gasteiger partial charge on any atom is 0.410 e. The van der Waals surface area contributed by atoms with E-state index in [0.717, 1.165) is 144 Å². The second-order valence-corrected chi connectivity index (χ2v) is 41.4. The molecule has 8 aliphatic rings. The van der Waals surface area contributed by atoms with Crippen molar-refractivity contribution in [2.75, 3.05) is 109 Å². The van der Waals surface area contributed by atoms with Crippen LogP contribution < -0.4 is 30.9 Å². The van der Waals surface area contributed by atoms with Gasteiger partial charge in [0.05, 0.1) is 36.9 Å². The minimum Gasteiger partial charge on any atom is -0.444 e. The molecule has 3 amide bonds. The van der Waals surface area contributed by atoms with Crippen LogP contribution in [0.1, 0.15) is 132 Å². The molecule has 41 heteroatoms. The van der Waals surface area contributed by atoms with Gasteiger partial charge in [0.2, 0.25) is 0 Å². The van der Waals surface area contributed by atoms with Crippen molar-refractivity contribution in [1.29, 1.82) is 5.41 Å². The number of aromatic nitrogens is 12. The van der Waals surface area contributed by atoms with Crippen molar-refractivity contribution in [2.45, 2.75) is 186 Å². The third-order valence-corrected chi connectivity index (χ3v) is 28.4. The fourth-order valence-electron chi connectivity index (χ4n) is 18.8. The Morgan fingerprint density at radius 1 is 0.531 bits per heavy atom. The van der Waals surface area contributed by atoms with Gasteiger partial charge in [-0.3, -0.25) is 10.0 Å². The number of nitrogens with one attached hydrogen (secondary N) is 6. The SMILES string of the molecule is C.CN(c1ncnc2[nH]ccc12)C1C[C@@H]2CN(C(=O)OC(C)(C)C)C[C@@H]2C1.CNC1C[C@@H]2CN(C(=O)OC(C)(C)C)C[C@@H]2C1.CNCN1C[C@H]2CC(Nc3ncnc4[nH]ccc34)C[C@H]2C1.CO.Cc1ccc(S(=O)(=O)n2ccc3c(Cl)ncnc32)cc1.Cc1ccc(S(=O)(=O)n2ccc3c(N(C)C4C[C@@H]5CN(C(=O)OC(C)(C)C)C[C@@H]5C4)ncnc32)cc1.N=CSN.O.[B][B]. The Morgan fingerprint density at radius 3 is 1.28 bits per heavy atom. The molecule has 130 heavy (non-hydrogen) atoms. The molecule has 4 saturated carbocycles. The Balaban J connectivity index is 0.000000183. The molecule has 4 radical (unpaired) electrons. The molecule has 0 bridgehead atoms. The Labute approximate surface area is 776 Å². The maximum absolute atomic E-state index is 13.3. The van der Waals surface area contributed by atoms with Gasteiger partial charge in [0.25, 0.3) is 20.0 Å². The van der Waals surface area contributed by atoms with E-state index in [4.69, 9.17) is 41.5 Å². The number of carbonyl (C=O) groups is 3. The molecule has 10 aromatic rings. The summed E-state index contributed by atoms with van der Waals surface area (Å²) in [4.78, 5) is 90.1. The molecule has 11 N–H and O–H groups in total. The first-order valence-corrected chi connectivity index (χ1v) is 47.4. The van der Waals surface area contributed by atoms with Gasteiger partial charge in [0.1, 0.15) is 76.0 Å². The monoisotopic (exact) mass is 1870 g/mol. The summed E-state index contributed by atoms with van der Waals surface area (Å²) in [5, 5.41) is 31.7. The number of fused-ring (bicyclic) bond motifs is 8. The lowest BCUT2D eigenvalue weighted by atomic mass is 9.81. The standard InChI is InChI=1S/C26H33N5O4S.C19H27N5O2.C15H22N6.C13H10ClN3O2S.C13H24N2O2.CH4N2S.CH4O.CH4.B2.H2O/c1-17-6-8-21(9-7-17)36(33,34)31-11-10-22-23(27-16-28-24(22)31)29(5)20-12-18-14-30(15-19(18)13-20)25(32)35-26(2,3)4;1-19(2,3)26-18(25)24-9-12-7-14(8-13(12)10-24)23(4)17-15-5-6-20-16(15)21-11-22-17;1-16-9-21-6-10-4-12(5-11(10)7-21)20-15-13-2-3-17-14(13)18-8-19-15;1-9-2-4-10(5-3-9)20(18,19)17-7-6-11-12(14)15-8-16-13(11)17;1-13(2,3)17-12(16)15-7-9-5-11(14-4)6-10(9)8-15;2-1-4-3;1-2;;1-2;/h6-11,16,18-20H,12-15H2,1-5H3;5-6,11-14H,7-10H2,1-4H3,(H,20,21,22);2-3,8,10-12,16H,4-7,9H2,1H3,(H2,17,18,19,20);2-8H,1H3;9-11,14H,5-8H2,1-4H3;1-2H,3H2;2H,1H3;1H4;;1H2/t18-,19+,20?;12-,13+,14?;10-,11+,12?;;9-,10+,11?;;;;;. The zero-order valence-corrected chi connectivity index (χ0v) is 79.8. The summed E-state index contributed by atoms with van der Waals surface area (Å²) in [5.41, 5.74) is 4.14. The number of rotatable bonds is 14. The normalized spacial score (nSPS) is 22.3. The molecule has 704 valence electrons. The van der Waals surface area contributed by atoms with E-state index in [2.05, 4.69) is 103 Å². The number of halogens is 1. The first kappa shape index (κ1) is 104. The molecule has 12 heterocycles. The number of H-pyrrole nitrogens is 2. The number of likely N-dealkylation sites (tertiary alicyclic amines) is 4. The highest BCUT2D eigenvalue weighted by molar-refractivity contribution is 8.10. The number of benzene rings is 2. The lowest BCUT2D eigenvalue weighted by Gasteiger charge is -2.28. The third kappa shape index (κ3) is 25.3. The average molecular weight is 1870 g/mol. The molecule has 35 nitrogen and oxygen atoms in total. The molecular formula is C89H130B2ClN23O12S3. The van der Waals surface area contributed by atoms with Crippen LogP contribution in [0.4, 0.5) is 31.8 Å². The maximum atomic E-state index is 13.3. The second-order valence-electron chi connectivity index (χ2n) is 36.9. The second kappa shape index (κ2) is 45.1. The van der Waals surface area contributed by atoms with Crippen molar-refractivity contribution in [2.24, 2.45) is 52.5 Å². The van der Waals surface area contributed by atoms with Crippen molar-refractivity contribution < 1.29 is 56.0 Å². The summed E-state index contributed by atoms with van der Waals surface area (Å²) in [6.07, 6.45) is 21.1. The minimum atomic E-state index is -3.78. The summed E-state index contributed by atoms with van der Waals surface area (Å²) >= 11 is 6.83. The number of nitrogens with zero attached hydrogens (tertiary/aromatic N) is 16. The quantitative estimate of drug-likeness (QED) is 0.0125.